The Bertz CT molecular complexity index is 400. The van der Waals surface area contributed by atoms with Crippen LogP contribution in [-0.4, -0.2) is 63.8 Å². The summed E-state index contributed by atoms with van der Waals surface area (Å²) in [5, 5.41) is 3.15. The minimum atomic E-state index is -0.701. The smallest absolute Gasteiger partial charge is 0.223 e. The quantitative estimate of drug-likeness (QED) is 0.364. The molecule has 0 saturated carbocycles. The number of hydrogen-bond acceptors (Lipinski definition) is 5. The third-order valence-corrected chi connectivity index (χ3v) is 4.48. The second kappa shape index (κ2) is 16.1. The van der Waals surface area contributed by atoms with E-state index in [4.69, 9.17) is 18.9 Å². The molecule has 0 aliphatic heterocycles. The maximum Gasteiger partial charge on any atom is 0.223 e. The fourth-order valence-corrected chi connectivity index (χ4v) is 2.62. The minimum absolute atomic E-state index is 0.0670. The predicted molar refractivity (Wildman–Crippen MR) is 118 cm³/mol. The van der Waals surface area contributed by atoms with Crippen LogP contribution in [0.25, 0.3) is 0 Å². The lowest BCUT2D eigenvalue weighted by molar-refractivity contribution is -0.130. The standard InChI is InChI=1S/C23H47NO5/c1-9-20(7)14-29-21(8)11-22(25)24-23(15-26-10-2,16-27-12-18(3)4)17-28-13-19(5)6/h18-21H,9-17H2,1-8H3,(H,24,25). The molecule has 1 N–H and O–H groups in total. The van der Waals surface area contributed by atoms with Crippen LogP contribution in [0.15, 0.2) is 0 Å². The zero-order valence-electron chi connectivity index (χ0n) is 20.2. The highest BCUT2D eigenvalue weighted by atomic mass is 16.5. The highest BCUT2D eigenvalue weighted by Crippen LogP contribution is 2.13. The van der Waals surface area contributed by atoms with Crippen LogP contribution in [0.4, 0.5) is 0 Å². The van der Waals surface area contributed by atoms with Crippen molar-refractivity contribution in [3.05, 3.63) is 0 Å². The summed E-state index contributed by atoms with van der Waals surface area (Å²) in [5.41, 5.74) is -0.701. The summed E-state index contributed by atoms with van der Waals surface area (Å²) in [5.74, 6) is 1.26. The van der Waals surface area contributed by atoms with Crippen molar-refractivity contribution in [1.82, 2.24) is 5.32 Å². The van der Waals surface area contributed by atoms with E-state index in [1.165, 1.54) is 0 Å². The van der Waals surface area contributed by atoms with E-state index in [0.717, 1.165) is 6.42 Å². The number of rotatable bonds is 18. The zero-order chi connectivity index (χ0) is 22.3. The van der Waals surface area contributed by atoms with Gasteiger partial charge in [-0.1, -0.05) is 48.0 Å². The van der Waals surface area contributed by atoms with Gasteiger partial charge in [0.25, 0.3) is 0 Å². The van der Waals surface area contributed by atoms with Crippen molar-refractivity contribution < 1.29 is 23.7 Å². The molecule has 0 radical (unpaired) electrons. The fourth-order valence-electron chi connectivity index (χ4n) is 2.62. The molecule has 6 nitrogen and oxygen atoms in total. The van der Waals surface area contributed by atoms with E-state index in [2.05, 4.69) is 46.9 Å². The lowest BCUT2D eigenvalue weighted by Gasteiger charge is -2.35. The molecule has 2 unspecified atom stereocenters. The second-order valence-electron chi connectivity index (χ2n) is 9.15. The maximum atomic E-state index is 12.8. The largest absolute Gasteiger partial charge is 0.379 e. The van der Waals surface area contributed by atoms with E-state index < -0.39 is 5.54 Å². The second-order valence-corrected chi connectivity index (χ2v) is 9.15. The molecule has 0 rings (SSSR count). The van der Waals surface area contributed by atoms with Crippen LogP contribution in [0.1, 0.15) is 68.2 Å². The Hall–Kier alpha value is -0.690. The van der Waals surface area contributed by atoms with Crippen LogP contribution in [0.3, 0.4) is 0 Å². The van der Waals surface area contributed by atoms with Gasteiger partial charge >= 0.3 is 0 Å². The molecule has 2 atom stereocenters. The summed E-state index contributed by atoms with van der Waals surface area (Å²) in [7, 11) is 0. The van der Waals surface area contributed by atoms with E-state index in [-0.39, 0.29) is 12.0 Å². The van der Waals surface area contributed by atoms with Crippen molar-refractivity contribution >= 4 is 5.91 Å². The van der Waals surface area contributed by atoms with Crippen LogP contribution in [0, 0.1) is 17.8 Å². The lowest BCUT2D eigenvalue weighted by atomic mass is 10.0. The van der Waals surface area contributed by atoms with Gasteiger partial charge in [-0.05, 0) is 31.6 Å². The molecule has 0 bridgehead atoms. The van der Waals surface area contributed by atoms with Gasteiger partial charge < -0.3 is 24.3 Å². The lowest BCUT2D eigenvalue weighted by Crippen LogP contribution is -2.59. The third-order valence-electron chi connectivity index (χ3n) is 4.48. The van der Waals surface area contributed by atoms with Gasteiger partial charge in [0.1, 0.15) is 5.54 Å². The monoisotopic (exact) mass is 417 g/mol. The molecule has 0 aliphatic rings. The van der Waals surface area contributed by atoms with Gasteiger partial charge in [-0.15, -0.1) is 0 Å². The van der Waals surface area contributed by atoms with Crippen LogP contribution in [0.5, 0.6) is 0 Å². The summed E-state index contributed by atoms with van der Waals surface area (Å²) in [6.45, 7) is 20.2. The molecule has 0 saturated heterocycles. The molecule has 0 spiro atoms. The first-order valence-electron chi connectivity index (χ1n) is 11.3. The van der Waals surface area contributed by atoms with Crippen molar-refractivity contribution in [2.45, 2.75) is 79.9 Å². The Kier molecular flexibility index (Phi) is 15.7. The molecular weight excluding hydrogens is 370 g/mol. The third kappa shape index (κ3) is 14.9. The Labute approximate surface area is 179 Å². The van der Waals surface area contributed by atoms with Crippen molar-refractivity contribution in [3.63, 3.8) is 0 Å². The molecule has 0 aromatic rings. The Balaban J connectivity index is 5.00. The molecule has 6 heteroatoms. The van der Waals surface area contributed by atoms with Crippen molar-refractivity contribution in [2.75, 3.05) is 46.2 Å². The van der Waals surface area contributed by atoms with Gasteiger partial charge in [0.2, 0.25) is 5.91 Å². The highest BCUT2D eigenvalue weighted by Gasteiger charge is 2.34. The van der Waals surface area contributed by atoms with Gasteiger partial charge in [0, 0.05) is 26.4 Å². The van der Waals surface area contributed by atoms with E-state index in [1.807, 2.05) is 13.8 Å². The van der Waals surface area contributed by atoms with Crippen LogP contribution in [0.2, 0.25) is 0 Å². The summed E-state index contributed by atoms with van der Waals surface area (Å²) in [6.07, 6.45) is 1.23. The average molecular weight is 418 g/mol. The molecule has 1 amide bonds. The summed E-state index contributed by atoms with van der Waals surface area (Å²) >= 11 is 0. The first-order valence-corrected chi connectivity index (χ1v) is 11.3. The summed E-state index contributed by atoms with van der Waals surface area (Å²) in [6, 6.07) is 0. The zero-order valence-corrected chi connectivity index (χ0v) is 20.2. The van der Waals surface area contributed by atoms with Crippen molar-refractivity contribution in [1.29, 1.82) is 0 Å². The first-order chi connectivity index (χ1) is 13.6. The normalized spacial score (nSPS) is 14.4. The summed E-state index contributed by atoms with van der Waals surface area (Å²) in [4.78, 5) is 12.8. The molecule has 0 aromatic heterocycles. The van der Waals surface area contributed by atoms with E-state index >= 15 is 0 Å². The topological polar surface area (TPSA) is 66.0 Å². The number of hydrogen-bond donors (Lipinski definition) is 1. The van der Waals surface area contributed by atoms with Gasteiger partial charge in [0.15, 0.2) is 0 Å². The van der Waals surface area contributed by atoms with Gasteiger partial charge in [-0.3, -0.25) is 4.79 Å². The number of nitrogens with one attached hydrogen (secondary N) is 1. The van der Waals surface area contributed by atoms with Crippen LogP contribution < -0.4 is 5.32 Å². The molecular formula is C23H47NO5. The summed E-state index contributed by atoms with van der Waals surface area (Å²) < 4.78 is 23.4. The first kappa shape index (κ1) is 28.3. The fraction of sp³-hybridized carbons (Fsp3) is 0.957. The Morgan fingerprint density at radius 1 is 0.828 bits per heavy atom. The van der Waals surface area contributed by atoms with Gasteiger partial charge in [-0.25, -0.2) is 0 Å². The van der Waals surface area contributed by atoms with Crippen LogP contribution in [-0.2, 0) is 23.7 Å². The van der Waals surface area contributed by atoms with Crippen molar-refractivity contribution in [3.8, 4) is 0 Å². The molecule has 29 heavy (non-hydrogen) atoms. The Morgan fingerprint density at radius 3 is 1.79 bits per heavy atom. The van der Waals surface area contributed by atoms with Crippen LogP contribution >= 0.6 is 0 Å². The number of carbonyl (C=O) groups excluding carboxylic acids is 1. The molecule has 0 fully saturated rings. The molecule has 0 aliphatic carbocycles. The van der Waals surface area contributed by atoms with E-state index in [9.17, 15) is 4.79 Å². The maximum absolute atomic E-state index is 12.8. The SMILES string of the molecule is CCOCC(COCC(C)C)(COCC(C)C)NC(=O)CC(C)OCC(C)CC. The number of carbonyl (C=O) groups is 1. The van der Waals surface area contributed by atoms with Gasteiger partial charge in [0.05, 0.1) is 32.3 Å². The van der Waals surface area contributed by atoms with Crippen molar-refractivity contribution in [2.24, 2.45) is 17.8 Å². The van der Waals surface area contributed by atoms with Gasteiger partial charge in [-0.2, -0.15) is 0 Å². The predicted octanol–water partition coefficient (Wildman–Crippen LogP) is 4.06. The minimum Gasteiger partial charge on any atom is -0.379 e. The van der Waals surface area contributed by atoms with E-state index in [0.29, 0.717) is 70.4 Å². The Morgan fingerprint density at radius 2 is 1.34 bits per heavy atom. The highest BCUT2D eigenvalue weighted by molar-refractivity contribution is 5.77. The molecule has 0 heterocycles. The molecule has 0 aromatic carbocycles. The average Bonchev–Trinajstić information content (AvgIpc) is 2.63. The number of ether oxygens (including phenoxy) is 4. The van der Waals surface area contributed by atoms with E-state index in [1.54, 1.807) is 0 Å². The number of amides is 1. The molecule has 174 valence electrons.